The molecule has 128 valence electrons. The number of nitrogens with zero attached hydrogens (tertiary/aromatic N) is 1. The molecule has 1 N–H and O–H groups in total. The minimum atomic E-state index is -3.87. The van der Waals surface area contributed by atoms with Crippen molar-refractivity contribution in [2.75, 3.05) is 17.4 Å². The number of rotatable bonds is 6. The molecule has 7 heteroatoms. The molecule has 2 rings (SSSR count). The van der Waals surface area contributed by atoms with Gasteiger partial charge in [0.2, 0.25) is 5.91 Å². The fraction of sp³-hybridized carbons (Fsp3) is 0.235. The Labute approximate surface area is 147 Å². The van der Waals surface area contributed by atoms with Gasteiger partial charge in [0.1, 0.15) is 6.54 Å². The topological polar surface area (TPSA) is 66.5 Å². The molecule has 0 bridgehead atoms. The number of hydrogen-bond donors (Lipinski definition) is 1. The highest BCUT2D eigenvalue weighted by Crippen LogP contribution is 2.28. The third kappa shape index (κ3) is 4.07. The molecule has 0 unspecified atom stereocenters. The molecule has 0 saturated carbocycles. The number of sulfonamides is 1. The lowest BCUT2D eigenvalue weighted by molar-refractivity contribution is -0.119. The number of hydrogen-bond acceptors (Lipinski definition) is 3. The Kier molecular flexibility index (Phi) is 5.85. The molecule has 24 heavy (non-hydrogen) atoms. The van der Waals surface area contributed by atoms with Crippen molar-refractivity contribution in [1.82, 2.24) is 5.32 Å². The van der Waals surface area contributed by atoms with Crippen molar-refractivity contribution in [3.63, 3.8) is 0 Å². The molecule has 0 atom stereocenters. The first kappa shape index (κ1) is 18.3. The van der Waals surface area contributed by atoms with Crippen molar-refractivity contribution in [2.24, 2.45) is 0 Å². The Morgan fingerprint density at radius 3 is 2.42 bits per heavy atom. The van der Waals surface area contributed by atoms with Crippen LogP contribution < -0.4 is 9.62 Å². The molecule has 5 nitrogen and oxygen atoms in total. The maximum Gasteiger partial charge on any atom is 0.264 e. The Hall–Kier alpha value is -2.05. The average Bonchev–Trinajstić information content (AvgIpc) is 2.54. The predicted octanol–water partition coefficient (Wildman–Crippen LogP) is 2.98. The fourth-order valence-electron chi connectivity index (χ4n) is 2.30. The number of carbonyl (C=O) groups excluding carboxylic acids is 1. The van der Waals surface area contributed by atoms with Crippen LogP contribution in [-0.2, 0) is 14.8 Å². The maximum absolute atomic E-state index is 13.0. The summed E-state index contributed by atoms with van der Waals surface area (Å²) >= 11 is 5.96. The van der Waals surface area contributed by atoms with Crippen LogP contribution in [0.25, 0.3) is 0 Å². The van der Waals surface area contributed by atoms with Gasteiger partial charge in [-0.1, -0.05) is 29.8 Å². The molecule has 0 aliphatic rings. The van der Waals surface area contributed by atoms with Crippen molar-refractivity contribution in [2.45, 2.75) is 18.7 Å². The number of aryl methyl sites for hydroxylation is 1. The van der Waals surface area contributed by atoms with Crippen LogP contribution in [0.5, 0.6) is 0 Å². The van der Waals surface area contributed by atoms with E-state index in [1.54, 1.807) is 50.2 Å². The summed E-state index contributed by atoms with van der Waals surface area (Å²) in [4.78, 5) is 12.2. The molecule has 0 heterocycles. The van der Waals surface area contributed by atoms with Gasteiger partial charge in [0.15, 0.2) is 0 Å². The van der Waals surface area contributed by atoms with Crippen LogP contribution in [-0.4, -0.2) is 27.4 Å². The van der Waals surface area contributed by atoms with Gasteiger partial charge < -0.3 is 5.32 Å². The summed E-state index contributed by atoms with van der Waals surface area (Å²) < 4.78 is 27.2. The standard InChI is InChI=1S/C17H19ClN2O3S/c1-3-19-17(21)12-20(16-10-9-14(18)11-13(16)2)24(22,23)15-7-5-4-6-8-15/h4-11H,3,12H2,1-2H3,(H,19,21). The SMILES string of the molecule is CCNC(=O)CN(c1ccc(Cl)cc1C)S(=O)(=O)c1ccccc1. The average molecular weight is 367 g/mol. The summed E-state index contributed by atoms with van der Waals surface area (Å²) in [7, 11) is -3.87. The molecule has 0 spiro atoms. The molecule has 0 radical (unpaired) electrons. The van der Waals surface area contributed by atoms with Gasteiger partial charge >= 0.3 is 0 Å². The van der Waals surface area contributed by atoms with Gasteiger partial charge in [-0.05, 0) is 49.7 Å². The van der Waals surface area contributed by atoms with Crippen molar-refractivity contribution in [3.8, 4) is 0 Å². The van der Waals surface area contributed by atoms with Gasteiger partial charge in [0.25, 0.3) is 10.0 Å². The van der Waals surface area contributed by atoms with Crippen LogP contribution in [0.1, 0.15) is 12.5 Å². The molecule has 0 aliphatic carbocycles. The number of benzene rings is 2. The first-order chi connectivity index (χ1) is 11.4. The van der Waals surface area contributed by atoms with E-state index < -0.39 is 10.0 Å². The third-order valence-electron chi connectivity index (χ3n) is 3.42. The number of anilines is 1. The summed E-state index contributed by atoms with van der Waals surface area (Å²) in [5.74, 6) is -0.369. The summed E-state index contributed by atoms with van der Waals surface area (Å²) in [6.45, 7) is 3.67. The van der Waals surface area contributed by atoms with Crippen molar-refractivity contribution >= 4 is 33.2 Å². The van der Waals surface area contributed by atoms with Crippen LogP contribution in [0.2, 0.25) is 5.02 Å². The van der Waals surface area contributed by atoms with Crippen molar-refractivity contribution in [1.29, 1.82) is 0 Å². The molecule has 2 aromatic rings. The van der Waals surface area contributed by atoms with Crippen molar-refractivity contribution < 1.29 is 13.2 Å². The van der Waals surface area contributed by atoms with E-state index in [0.29, 0.717) is 22.8 Å². The molecule has 0 saturated heterocycles. The Balaban J connectivity index is 2.52. The minimum Gasteiger partial charge on any atom is -0.355 e. The van der Waals surface area contributed by atoms with E-state index in [2.05, 4.69) is 5.32 Å². The Morgan fingerprint density at radius 1 is 1.17 bits per heavy atom. The zero-order valence-electron chi connectivity index (χ0n) is 13.5. The largest absolute Gasteiger partial charge is 0.355 e. The first-order valence-corrected chi connectivity index (χ1v) is 9.28. The van der Waals surface area contributed by atoms with Gasteiger partial charge in [-0.15, -0.1) is 0 Å². The molecular formula is C17H19ClN2O3S. The fourth-order valence-corrected chi connectivity index (χ4v) is 4.03. The quantitative estimate of drug-likeness (QED) is 0.854. The monoisotopic (exact) mass is 366 g/mol. The number of halogens is 1. The van der Waals surface area contributed by atoms with Crippen molar-refractivity contribution in [3.05, 3.63) is 59.1 Å². The van der Waals surface area contributed by atoms with Gasteiger partial charge in [-0.3, -0.25) is 9.10 Å². The highest BCUT2D eigenvalue weighted by Gasteiger charge is 2.28. The summed E-state index contributed by atoms with van der Waals surface area (Å²) in [6, 6.07) is 12.9. The molecule has 2 aromatic carbocycles. The summed E-state index contributed by atoms with van der Waals surface area (Å²) in [5.41, 5.74) is 1.10. The molecule has 0 aliphatic heterocycles. The zero-order valence-corrected chi connectivity index (χ0v) is 15.1. The van der Waals surface area contributed by atoms with Gasteiger partial charge in [0, 0.05) is 11.6 Å². The maximum atomic E-state index is 13.0. The van der Waals surface area contributed by atoms with E-state index in [4.69, 9.17) is 11.6 Å². The lowest BCUT2D eigenvalue weighted by atomic mass is 10.2. The van der Waals surface area contributed by atoms with E-state index in [1.807, 2.05) is 0 Å². The third-order valence-corrected chi connectivity index (χ3v) is 5.43. The zero-order chi connectivity index (χ0) is 17.7. The number of carbonyl (C=O) groups is 1. The molecule has 0 aromatic heterocycles. The molecular weight excluding hydrogens is 348 g/mol. The summed E-state index contributed by atoms with van der Waals surface area (Å²) in [5, 5.41) is 3.13. The van der Waals surface area contributed by atoms with Crippen LogP contribution in [0.3, 0.4) is 0 Å². The second-order valence-electron chi connectivity index (χ2n) is 5.21. The number of nitrogens with one attached hydrogen (secondary N) is 1. The Morgan fingerprint density at radius 2 is 1.83 bits per heavy atom. The van der Waals surface area contributed by atoms with E-state index in [1.165, 1.54) is 12.1 Å². The van der Waals surface area contributed by atoms with E-state index in [-0.39, 0.29) is 17.3 Å². The lowest BCUT2D eigenvalue weighted by Gasteiger charge is -2.25. The minimum absolute atomic E-state index is 0.128. The van der Waals surface area contributed by atoms with E-state index in [0.717, 1.165) is 4.31 Å². The van der Waals surface area contributed by atoms with Gasteiger partial charge in [0.05, 0.1) is 10.6 Å². The molecule has 1 amide bonds. The second-order valence-corrected chi connectivity index (χ2v) is 7.51. The van der Waals surface area contributed by atoms with Crippen LogP contribution in [0.15, 0.2) is 53.4 Å². The van der Waals surface area contributed by atoms with Crippen LogP contribution in [0.4, 0.5) is 5.69 Å². The smallest absolute Gasteiger partial charge is 0.264 e. The normalized spacial score (nSPS) is 11.1. The van der Waals surface area contributed by atoms with Crippen LogP contribution >= 0.6 is 11.6 Å². The first-order valence-electron chi connectivity index (χ1n) is 7.47. The number of likely N-dealkylation sites (N-methyl/N-ethyl adjacent to an activating group) is 1. The van der Waals surface area contributed by atoms with Gasteiger partial charge in [-0.2, -0.15) is 0 Å². The molecule has 0 fully saturated rings. The second kappa shape index (κ2) is 7.68. The highest BCUT2D eigenvalue weighted by molar-refractivity contribution is 7.92. The highest BCUT2D eigenvalue weighted by atomic mass is 35.5. The van der Waals surface area contributed by atoms with E-state index in [9.17, 15) is 13.2 Å². The predicted molar refractivity (Wildman–Crippen MR) is 95.8 cm³/mol. The van der Waals surface area contributed by atoms with E-state index >= 15 is 0 Å². The van der Waals surface area contributed by atoms with Crippen LogP contribution in [0, 0.1) is 6.92 Å². The Bertz CT molecular complexity index is 823. The summed E-state index contributed by atoms with van der Waals surface area (Å²) in [6.07, 6.45) is 0. The number of amides is 1. The van der Waals surface area contributed by atoms with Gasteiger partial charge in [-0.25, -0.2) is 8.42 Å². The lowest BCUT2D eigenvalue weighted by Crippen LogP contribution is -2.41.